The molecule has 2 aliphatic heterocycles. The van der Waals surface area contributed by atoms with Gasteiger partial charge in [0.15, 0.2) is 22.8 Å². The average molecular weight is 544 g/mol. The molecule has 4 aromatic rings. The fourth-order valence-corrected chi connectivity index (χ4v) is 5.70. The van der Waals surface area contributed by atoms with Crippen molar-refractivity contribution in [1.82, 2.24) is 39.5 Å². The van der Waals surface area contributed by atoms with Crippen molar-refractivity contribution in [3.63, 3.8) is 0 Å². The summed E-state index contributed by atoms with van der Waals surface area (Å²) in [7, 11) is 4.33. The Morgan fingerprint density at radius 1 is 1.00 bits per heavy atom. The van der Waals surface area contributed by atoms with Crippen LogP contribution in [0.1, 0.15) is 38.3 Å². The van der Waals surface area contributed by atoms with Gasteiger partial charge >= 0.3 is 0 Å². The van der Waals surface area contributed by atoms with Crippen LogP contribution in [0.3, 0.4) is 0 Å². The molecule has 0 aliphatic carbocycles. The second-order valence-electron chi connectivity index (χ2n) is 11.3. The molecule has 2 saturated heterocycles. The number of benzene rings is 1. The van der Waals surface area contributed by atoms with Crippen molar-refractivity contribution in [3.8, 4) is 5.69 Å². The van der Waals surface area contributed by atoms with Crippen LogP contribution in [0.2, 0.25) is 0 Å². The third-order valence-electron chi connectivity index (χ3n) is 8.14. The maximum absolute atomic E-state index is 5.03. The van der Waals surface area contributed by atoms with Crippen molar-refractivity contribution >= 4 is 28.7 Å². The lowest BCUT2D eigenvalue weighted by Gasteiger charge is -2.35. The molecule has 0 amide bonds. The Hall–Kier alpha value is -3.70. The molecule has 2 aliphatic rings. The van der Waals surface area contributed by atoms with E-state index in [9.17, 15) is 0 Å². The number of rotatable bonds is 8. The van der Waals surface area contributed by atoms with Gasteiger partial charge in [-0.2, -0.15) is 15.1 Å². The lowest BCUT2D eigenvalue weighted by atomic mass is 10.0. The lowest BCUT2D eigenvalue weighted by molar-refractivity contribution is 0.249. The topological polar surface area (TPSA) is 95.2 Å². The van der Waals surface area contributed by atoms with Gasteiger partial charge in [-0.25, -0.2) is 9.67 Å². The zero-order valence-corrected chi connectivity index (χ0v) is 24.1. The van der Waals surface area contributed by atoms with Crippen LogP contribution >= 0.6 is 0 Å². The van der Waals surface area contributed by atoms with Gasteiger partial charge in [-0.15, -0.1) is 0 Å². The van der Waals surface area contributed by atoms with Crippen LogP contribution < -0.4 is 20.4 Å². The quantitative estimate of drug-likeness (QED) is 0.348. The fraction of sp³-hybridized carbons (Fsp3) is 0.517. The van der Waals surface area contributed by atoms with Gasteiger partial charge in [0.2, 0.25) is 5.95 Å². The second-order valence-corrected chi connectivity index (χ2v) is 11.3. The molecule has 0 atom stereocenters. The molecule has 5 heterocycles. The van der Waals surface area contributed by atoms with Gasteiger partial charge < -0.3 is 29.9 Å². The summed E-state index contributed by atoms with van der Waals surface area (Å²) in [6, 6.07) is 11.4. The smallest absolute Gasteiger partial charge is 0.229 e. The van der Waals surface area contributed by atoms with Gasteiger partial charge in [0, 0.05) is 70.2 Å². The van der Waals surface area contributed by atoms with Crippen LogP contribution in [0.5, 0.6) is 0 Å². The minimum absolute atomic E-state index is 0.255. The van der Waals surface area contributed by atoms with E-state index in [1.54, 1.807) is 0 Å². The number of fused-ring (bicyclic) bond motifs is 1. The highest BCUT2D eigenvalue weighted by molar-refractivity contribution is 5.84. The number of anilines is 3. The van der Waals surface area contributed by atoms with Gasteiger partial charge in [-0.1, -0.05) is 18.2 Å². The molecular formula is C29H41N11. The SMILES string of the molecule is CC(C)n1cnc2c(NCc3ccccc3-n3ccc(N4CCNCC4)n3)nc(N3CCC(N(C)C)CC3)nc21. The van der Waals surface area contributed by atoms with E-state index < -0.39 is 0 Å². The molecule has 0 radical (unpaired) electrons. The molecule has 2 N–H and O–H groups in total. The van der Waals surface area contributed by atoms with Crippen molar-refractivity contribution < 1.29 is 0 Å². The third-order valence-corrected chi connectivity index (χ3v) is 8.14. The molecule has 1 aromatic carbocycles. The van der Waals surface area contributed by atoms with Gasteiger partial charge in [-0.3, -0.25) is 0 Å². The van der Waals surface area contributed by atoms with E-state index in [4.69, 9.17) is 20.1 Å². The Balaban J connectivity index is 1.27. The second kappa shape index (κ2) is 11.4. The number of para-hydroxylation sites is 1. The molecule has 0 saturated carbocycles. The normalized spacial score (nSPS) is 16.9. The van der Waals surface area contributed by atoms with Gasteiger partial charge in [0.05, 0.1) is 12.0 Å². The first-order valence-electron chi connectivity index (χ1n) is 14.5. The minimum atomic E-state index is 0.255. The van der Waals surface area contributed by atoms with Gasteiger partial charge in [-0.05, 0) is 52.4 Å². The van der Waals surface area contributed by atoms with Crippen molar-refractivity contribution in [3.05, 3.63) is 48.4 Å². The molecule has 3 aromatic heterocycles. The zero-order valence-electron chi connectivity index (χ0n) is 24.1. The van der Waals surface area contributed by atoms with E-state index >= 15 is 0 Å². The summed E-state index contributed by atoms with van der Waals surface area (Å²) in [4.78, 5) is 21.8. The molecule has 212 valence electrons. The molecule has 6 rings (SSSR count). The van der Waals surface area contributed by atoms with Crippen LogP contribution in [-0.2, 0) is 6.54 Å². The predicted octanol–water partition coefficient (Wildman–Crippen LogP) is 3.15. The summed E-state index contributed by atoms with van der Waals surface area (Å²) >= 11 is 0. The lowest BCUT2D eigenvalue weighted by Crippen LogP contribution is -2.43. The standard InChI is InChI=1S/C29H41N11/c1-21(2)39-20-32-26-27(33-29(34-28(26)39)38-14-9-23(10-15-38)36(3)4)31-19-22-7-5-6-8-24(22)40-16-11-25(35-40)37-17-12-30-13-18-37/h5-8,11,16,20-21,23,30H,9-10,12-15,17-19H2,1-4H3,(H,31,33,34). The van der Waals surface area contributed by atoms with Crippen molar-refractivity contribution in [1.29, 1.82) is 0 Å². The molecule has 0 bridgehead atoms. The van der Waals surface area contributed by atoms with Crippen LogP contribution in [0, 0.1) is 0 Å². The number of nitrogens with zero attached hydrogens (tertiary/aromatic N) is 9. The van der Waals surface area contributed by atoms with E-state index in [2.05, 4.69) is 94.4 Å². The highest BCUT2D eigenvalue weighted by Crippen LogP contribution is 2.28. The molecule has 40 heavy (non-hydrogen) atoms. The van der Waals surface area contributed by atoms with Crippen LogP contribution in [0.25, 0.3) is 16.9 Å². The summed E-state index contributed by atoms with van der Waals surface area (Å²) < 4.78 is 4.12. The zero-order chi connectivity index (χ0) is 27.6. The summed E-state index contributed by atoms with van der Waals surface area (Å²) in [6.45, 7) is 10.7. The highest BCUT2D eigenvalue weighted by Gasteiger charge is 2.24. The van der Waals surface area contributed by atoms with Gasteiger partial charge in [0.25, 0.3) is 0 Å². The number of hydrogen-bond acceptors (Lipinski definition) is 9. The van der Waals surface area contributed by atoms with E-state index in [1.807, 2.05) is 11.0 Å². The largest absolute Gasteiger partial charge is 0.364 e. The van der Waals surface area contributed by atoms with Crippen LogP contribution in [0.4, 0.5) is 17.6 Å². The highest BCUT2D eigenvalue weighted by atomic mass is 15.4. The molecule has 0 spiro atoms. The number of aromatic nitrogens is 6. The fourth-order valence-electron chi connectivity index (χ4n) is 5.70. The number of imidazole rings is 1. The number of hydrogen-bond donors (Lipinski definition) is 2. The Labute approximate surface area is 236 Å². The predicted molar refractivity (Wildman–Crippen MR) is 161 cm³/mol. The minimum Gasteiger partial charge on any atom is -0.364 e. The number of piperazine rings is 1. The maximum Gasteiger partial charge on any atom is 0.229 e. The van der Waals surface area contributed by atoms with Gasteiger partial charge in [0.1, 0.15) is 0 Å². The third kappa shape index (κ3) is 5.35. The van der Waals surface area contributed by atoms with E-state index in [0.717, 1.165) is 92.1 Å². The Bertz CT molecular complexity index is 1430. The Morgan fingerprint density at radius 3 is 2.52 bits per heavy atom. The molecule has 11 nitrogen and oxygen atoms in total. The van der Waals surface area contributed by atoms with Crippen LogP contribution in [0.15, 0.2) is 42.9 Å². The Kier molecular flexibility index (Phi) is 7.57. The first kappa shape index (κ1) is 26.5. The first-order valence-corrected chi connectivity index (χ1v) is 14.5. The summed E-state index contributed by atoms with van der Waals surface area (Å²) in [5, 5.41) is 12.0. The molecule has 2 fully saturated rings. The maximum atomic E-state index is 5.03. The Morgan fingerprint density at radius 2 is 1.77 bits per heavy atom. The molecule has 11 heteroatoms. The summed E-state index contributed by atoms with van der Waals surface area (Å²) in [5.74, 6) is 2.56. The number of piperidine rings is 1. The first-order chi connectivity index (χ1) is 19.5. The molecule has 0 unspecified atom stereocenters. The van der Waals surface area contributed by atoms with E-state index in [-0.39, 0.29) is 6.04 Å². The van der Waals surface area contributed by atoms with E-state index in [0.29, 0.717) is 12.6 Å². The van der Waals surface area contributed by atoms with Crippen molar-refractivity contribution in [2.75, 3.05) is 68.5 Å². The number of nitrogens with one attached hydrogen (secondary N) is 2. The van der Waals surface area contributed by atoms with Crippen LogP contribution in [-0.4, -0.2) is 93.6 Å². The average Bonchev–Trinajstić information content (AvgIpc) is 3.65. The van der Waals surface area contributed by atoms with E-state index in [1.165, 1.54) is 0 Å². The summed E-state index contributed by atoms with van der Waals surface area (Å²) in [5.41, 5.74) is 3.87. The summed E-state index contributed by atoms with van der Waals surface area (Å²) in [6.07, 6.45) is 6.15. The monoisotopic (exact) mass is 543 g/mol. The molecular weight excluding hydrogens is 502 g/mol. The van der Waals surface area contributed by atoms with Crippen molar-refractivity contribution in [2.45, 2.75) is 45.3 Å². The van der Waals surface area contributed by atoms with Crippen molar-refractivity contribution in [2.24, 2.45) is 0 Å².